The molecule has 1 aliphatic heterocycles. The van der Waals surface area contributed by atoms with Gasteiger partial charge in [0.25, 0.3) is 0 Å². The second kappa shape index (κ2) is 8.36. The summed E-state index contributed by atoms with van der Waals surface area (Å²) in [6.07, 6.45) is 0.711. The summed E-state index contributed by atoms with van der Waals surface area (Å²) in [5.74, 6) is 0. The van der Waals surface area contributed by atoms with Crippen LogP contribution in [0.15, 0.2) is 24.3 Å². The number of benzene rings is 1. The van der Waals surface area contributed by atoms with Gasteiger partial charge < -0.3 is 19.7 Å². The SMILES string of the molecule is COCC[C@H](NC(=O)N1CCOC[C@H]1C)c1ccc(Cl)cc1. The van der Waals surface area contributed by atoms with Crippen LogP contribution in [0.2, 0.25) is 5.02 Å². The number of carbonyl (C=O) groups excluding carboxylic acids is 1. The number of hydrogen-bond donors (Lipinski definition) is 1. The number of rotatable bonds is 5. The Hall–Kier alpha value is -1.30. The molecule has 1 fully saturated rings. The summed E-state index contributed by atoms with van der Waals surface area (Å²) in [4.78, 5) is 14.3. The quantitative estimate of drug-likeness (QED) is 0.905. The van der Waals surface area contributed by atoms with E-state index in [-0.39, 0.29) is 18.1 Å². The van der Waals surface area contributed by atoms with Gasteiger partial charge in [0, 0.05) is 25.3 Å². The molecule has 2 atom stereocenters. The zero-order valence-corrected chi connectivity index (χ0v) is 13.8. The van der Waals surface area contributed by atoms with Crippen molar-refractivity contribution in [3.05, 3.63) is 34.9 Å². The fourth-order valence-corrected chi connectivity index (χ4v) is 2.64. The number of halogens is 1. The van der Waals surface area contributed by atoms with Gasteiger partial charge in [-0.3, -0.25) is 0 Å². The lowest BCUT2D eigenvalue weighted by Gasteiger charge is -2.34. The van der Waals surface area contributed by atoms with E-state index >= 15 is 0 Å². The third-order valence-electron chi connectivity index (χ3n) is 3.81. The van der Waals surface area contributed by atoms with E-state index in [2.05, 4.69) is 5.32 Å². The highest BCUT2D eigenvalue weighted by atomic mass is 35.5. The molecule has 0 spiro atoms. The van der Waals surface area contributed by atoms with Gasteiger partial charge in [-0.1, -0.05) is 23.7 Å². The van der Waals surface area contributed by atoms with Crippen LogP contribution in [0.3, 0.4) is 0 Å². The van der Waals surface area contributed by atoms with Crippen LogP contribution in [0.1, 0.15) is 24.9 Å². The van der Waals surface area contributed by atoms with Crippen LogP contribution in [0.4, 0.5) is 4.79 Å². The van der Waals surface area contributed by atoms with Crippen molar-refractivity contribution in [2.24, 2.45) is 0 Å². The highest BCUT2D eigenvalue weighted by molar-refractivity contribution is 6.30. The lowest BCUT2D eigenvalue weighted by molar-refractivity contribution is 0.0181. The van der Waals surface area contributed by atoms with Crippen LogP contribution in [0.25, 0.3) is 0 Å². The minimum absolute atomic E-state index is 0.0631. The number of amides is 2. The number of nitrogens with one attached hydrogen (secondary N) is 1. The van der Waals surface area contributed by atoms with Gasteiger partial charge in [0.05, 0.1) is 25.3 Å². The third-order valence-corrected chi connectivity index (χ3v) is 4.06. The minimum Gasteiger partial charge on any atom is -0.385 e. The van der Waals surface area contributed by atoms with E-state index in [1.807, 2.05) is 36.1 Å². The maximum absolute atomic E-state index is 12.5. The van der Waals surface area contributed by atoms with Crippen LogP contribution < -0.4 is 5.32 Å². The lowest BCUT2D eigenvalue weighted by Crippen LogP contribution is -2.51. The minimum atomic E-state index is -0.0974. The molecule has 1 aromatic carbocycles. The molecule has 122 valence electrons. The van der Waals surface area contributed by atoms with E-state index in [9.17, 15) is 4.79 Å². The van der Waals surface area contributed by atoms with E-state index in [0.717, 1.165) is 5.56 Å². The Morgan fingerprint density at radius 3 is 2.86 bits per heavy atom. The summed E-state index contributed by atoms with van der Waals surface area (Å²) in [5.41, 5.74) is 1.02. The molecule has 2 rings (SSSR count). The van der Waals surface area contributed by atoms with Crippen LogP contribution in [-0.4, -0.2) is 50.4 Å². The lowest BCUT2D eigenvalue weighted by atomic mass is 10.0. The molecule has 0 aliphatic carbocycles. The number of urea groups is 1. The van der Waals surface area contributed by atoms with Crippen LogP contribution >= 0.6 is 11.6 Å². The van der Waals surface area contributed by atoms with Crippen LogP contribution in [-0.2, 0) is 9.47 Å². The Bertz CT molecular complexity index is 481. The van der Waals surface area contributed by atoms with Gasteiger partial charge in [0.2, 0.25) is 0 Å². The van der Waals surface area contributed by atoms with Crippen molar-refractivity contribution in [1.82, 2.24) is 10.2 Å². The normalized spacial score (nSPS) is 19.8. The number of morpholine rings is 1. The highest BCUT2D eigenvalue weighted by Crippen LogP contribution is 2.20. The Balaban J connectivity index is 2.05. The summed E-state index contributed by atoms with van der Waals surface area (Å²) >= 11 is 5.93. The van der Waals surface area contributed by atoms with Gasteiger partial charge in [0.15, 0.2) is 0 Å². The fraction of sp³-hybridized carbons (Fsp3) is 0.562. The fourth-order valence-electron chi connectivity index (χ4n) is 2.51. The number of carbonyl (C=O) groups is 1. The van der Waals surface area contributed by atoms with Gasteiger partial charge >= 0.3 is 6.03 Å². The average Bonchev–Trinajstić information content (AvgIpc) is 2.52. The predicted octanol–water partition coefficient (Wildman–Crippen LogP) is 2.85. The topological polar surface area (TPSA) is 50.8 Å². The number of methoxy groups -OCH3 is 1. The average molecular weight is 327 g/mol. The molecule has 0 aromatic heterocycles. The van der Waals surface area contributed by atoms with E-state index in [1.54, 1.807) is 7.11 Å². The highest BCUT2D eigenvalue weighted by Gasteiger charge is 2.25. The monoisotopic (exact) mass is 326 g/mol. The molecular weight excluding hydrogens is 304 g/mol. The summed E-state index contributed by atoms with van der Waals surface area (Å²) in [5, 5.41) is 3.78. The molecule has 5 nitrogen and oxygen atoms in total. The second-order valence-electron chi connectivity index (χ2n) is 5.45. The Morgan fingerprint density at radius 2 is 2.23 bits per heavy atom. The molecule has 0 bridgehead atoms. The van der Waals surface area contributed by atoms with E-state index < -0.39 is 0 Å². The molecule has 0 saturated carbocycles. The maximum Gasteiger partial charge on any atom is 0.318 e. The van der Waals surface area contributed by atoms with Crippen molar-refractivity contribution in [2.45, 2.75) is 25.4 Å². The molecule has 0 unspecified atom stereocenters. The zero-order chi connectivity index (χ0) is 15.9. The number of hydrogen-bond acceptors (Lipinski definition) is 3. The first kappa shape index (κ1) is 17.1. The molecule has 2 amide bonds. The van der Waals surface area contributed by atoms with Crippen molar-refractivity contribution < 1.29 is 14.3 Å². The van der Waals surface area contributed by atoms with Gasteiger partial charge in [-0.05, 0) is 31.0 Å². The largest absolute Gasteiger partial charge is 0.385 e. The van der Waals surface area contributed by atoms with E-state index in [4.69, 9.17) is 21.1 Å². The Kier molecular flexibility index (Phi) is 6.49. The predicted molar refractivity (Wildman–Crippen MR) is 86.2 cm³/mol. The molecule has 1 aliphatic rings. The molecular formula is C16H23ClN2O3. The Morgan fingerprint density at radius 1 is 1.50 bits per heavy atom. The number of ether oxygens (including phenoxy) is 2. The molecule has 1 aromatic rings. The summed E-state index contributed by atoms with van der Waals surface area (Å²) in [6, 6.07) is 7.46. The third kappa shape index (κ3) is 4.60. The van der Waals surface area contributed by atoms with Gasteiger partial charge in [-0.15, -0.1) is 0 Å². The zero-order valence-electron chi connectivity index (χ0n) is 13.0. The summed E-state index contributed by atoms with van der Waals surface area (Å²) in [6.45, 7) is 4.35. The van der Waals surface area contributed by atoms with Gasteiger partial charge in [0.1, 0.15) is 0 Å². The molecule has 1 N–H and O–H groups in total. The molecule has 0 radical (unpaired) electrons. The number of nitrogens with zero attached hydrogens (tertiary/aromatic N) is 1. The first-order chi connectivity index (χ1) is 10.6. The standard InChI is InChI=1S/C16H23ClN2O3/c1-12-11-22-10-8-19(12)16(20)18-15(7-9-21-2)13-3-5-14(17)6-4-13/h3-6,12,15H,7-11H2,1-2H3,(H,18,20)/t12-,15+/m1/s1. The van der Waals surface area contributed by atoms with Crippen molar-refractivity contribution in [1.29, 1.82) is 0 Å². The van der Waals surface area contributed by atoms with E-state index in [1.165, 1.54) is 0 Å². The summed E-state index contributed by atoms with van der Waals surface area (Å²) in [7, 11) is 1.66. The molecule has 1 saturated heterocycles. The van der Waals surface area contributed by atoms with Gasteiger partial charge in [-0.25, -0.2) is 4.79 Å². The molecule has 22 heavy (non-hydrogen) atoms. The molecule has 6 heteroatoms. The summed E-state index contributed by atoms with van der Waals surface area (Å²) < 4.78 is 10.5. The van der Waals surface area contributed by atoms with Crippen molar-refractivity contribution in [3.8, 4) is 0 Å². The first-order valence-corrected chi connectivity index (χ1v) is 7.89. The smallest absolute Gasteiger partial charge is 0.318 e. The van der Waals surface area contributed by atoms with Crippen LogP contribution in [0.5, 0.6) is 0 Å². The van der Waals surface area contributed by atoms with E-state index in [0.29, 0.717) is 37.8 Å². The van der Waals surface area contributed by atoms with Crippen molar-refractivity contribution >= 4 is 17.6 Å². The molecule has 1 heterocycles. The van der Waals surface area contributed by atoms with Crippen molar-refractivity contribution in [2.75, 3.05) is 33.5 Å². The first-order valence-electron chi connectivity index (χ1n) is 7.51. The van der Waals surface area contributed by atoms with Crippen LogP contribution in [0, 0.1) is 0 Å². The van der Waals surface area contributed by atoms with Crippen molar-refractivity contribution in [3.63, 3.8) is 0 Å². The maximum atomic E-state index is 12.5. The Labute approximate surface area is 136 Å². The second-order valence-corrected chi connectivity index (χ2v) is 5.89. The van der Waals surface area contributed by atoms with Gasteiger partial charge in [-0.2, -0.15) is 0 Å².